The zero-order chi connectivity index (χ0) is 13.1. The molecule has 6 nitrogen and oxygen atoms in total. The summed E-state index contributed by atoms with van der Waals surface area (Å²) in [6.45, 7) is 1.94. The number of hydrogen-bond donors (Lipinski definition) is 2. The van der Waals surface area contributed by atoms with Crippen LogP contribution in [0.25, 0.3) is 0 Å². The standard InChI is InChI=1S/C9H15N3O3S2/c1-6(10-2)7-4-16-9(11-7)12-8(13)5-17(3,14)15/h4,6,10H,5H2,1-3H3,(H,11,12,13). The highest BCUT2D eigenvalue weighted by Gasteiger charge is 2.13. The summed E-state index contributed by atoms with van der Waals surface area (Å²) >= 11 is 1.27. The first-order valence-electron chi connectivity index (χ1n) is 4.92. The number of aromatic nitrogens is 1. The molecule has 1 heterocycles. The third-order valence-electron chi connectivity index (χ3n) is 2.04. The average Bonchev–Trinajstić information content (AvgIpc) is 2.62. The number of nitrogens with one attached hydrogen (secondary N) is 2. The molecule has 0 bridgehead atoms. The fraction of sp³-hybridized carbons (Fsp3) is 0.556. The summed E-state index contributed by atoms with van der Waals surface area (Å²) in [5.41, 5.74) is 0.812. The highest BCUT2D eigenvalue weighted by molar-refractivity contribution is 7.91. The Balaban J connectivity index is 2.64. The van der Waals surface area contributed by atoms with Gasteiger partial charge in [-0.1, -0.05) is 0 Å². The fourth-order valence-electron chi connectivity index (χ4n) is 1.08. The van der Waals surface area contributed by atoms with Crippen molar-refractivity contribution >= 4 is 32.2 Å². The Morgan fingerprint density at radius 2 is 2.24 bits per heavy atom. The van der Waals surface area contributed by atoms with E-state index in [0.29, 0.717) is 5.13 Å². The second kappa shape index (κ2) is 5.56. The molecule has 1 amide bonds. The van der Waals surface area contributed by atoms with Gasteiger partial charge in [0.2, 0.25) is 5.91 Å². The lowest BCUT2D eigenvalue weighted by Crippen LogP contribution is -2.22. The van der Waals surface area contributed by atoms with Gasteiger partial charge >= 0.3 is 0 Å². The molecule has 1 rings (SSSR count). The van der Waals surface area contributed by atoms with Crippen molar-refractivity contribution in [2.75, 3.05) is 24.4 Å². The van der Waals surface area contributed by atoms with Crippen LogP contribution < -0.4 is 10.6 Å². The number of sulfone groups is 1. The first kappa shape index (κ1) is 14.1. The van der Waals surface area contributed by atoms with E-state index in [9.17, 15) is 13.2 Å². The van der Waals surface area contributed by atoms with E-state index in [-0.39, 0.29) is 6.04 Å². The van der Waals surface area contributed by atoms with Gasteiger partial charge in [0, 0.05) is 17.7 Å². The Labute approximate surface area is 104 Å². The molecule has 0 aliphatic rings. The van der Waals surface area contributed by atoms with Crippen LogP contribution in [0.3, 0.4) is 0 Å². The van der Waals surface area contributed by atoms with Crippen LogP contribution in [0.15, 0.2) is 5.38 Å². The molecule has 0 radical (unpaired) electrons. The molecule has 1 atom stereocenters. The molecule has 2 N–H and O–H groups in total. The van der Waals surface area contributed by atoms with E-state index in [1.54, 1.807) is 0 Å². The van der Waals surface area contributed by atoms with Gasteiger partial charge < -0.3 is 10.6 Å². The summed E-state index contributed by atoms with van der Waals surface area (Å²) < 4.78 is 21.8. The van der Waals surface area contributed by atoms with Crippen LogP contribution in [0.4, 0.5) is 5.13 Å². The van der Waals surface area contributed by atoms with Gasteiger partial charge in [0.25, 0.3) is 0 Å². The van der Waals surface area contributed by atoms with Gasteiger partial charge in [-0.3, -0.25) is 4.79 Å². The molecule has 0 spiro atoms. The number of amides is 1. The SMILES string of the molecule is CNC(C)c1csc(NC(=O)CS(C)(=O)=O)n1. The first-order valence-corrected chi connectivity index (χ1v) is 7.86. The molecule has 0 aliphatic carbocycles. The molecular formula is C9H15N3O3S2. The van der Waals surface area contributed by atoms with Crippen molar-refractivity contribution in [2.45, 2.75) is 13.0 Å². The Kier molecular flexibility index (Phi) is 4.61. The molecule has 1 unspecified atom stereocenters. The van der Waals surface area contributed by atoms with Crippen molar-refractivity contribution in [3.63, 3.8) is 0 Å². The minimum atomic E-state index is -3.31. The van der Waals surface area contributed by atoms with E-state index >= 15 is 0 Å². The highest BCUT2D eigenvalue weighted by atomic mass is 32.2. The van der Waals surface area contributed by atoms with E-state index in [2.05, 4.69) is 15.6 Å². The van der Waals surface area contributed by atoms with Crippen LogP contribution in [0.5, 0.6) is 0 Å². The predicted molar refractivity (Wildman–Crippen MR) is 67.9 cm³/mol. The number of anilines is 1. The van der Waals surface area contributed by atoms with Crippen molar-refractivity contribution in [1.82, 2.24) is 10.3 Å². The largest absolute Gasteiger partial charge is 0.312 e. The van der Waals surface area contributed by atoms with E-state index in [0.717, 1.165) is 11.9 Å². The van der Waals surface area contributed by atoms with E-state index in [4.69, 9.17) is 0 Å². The summed E-state index contributed by atoms with van der Waals surface area (Å²) in [4.78, 5) is 15.5. The van der Waals surface area contributed by atoms with Gasteiger partial charge in [-0.15, -0.1) is 11.3 Å². The van der Waals surface area contributed by atoms with Crippen LogP contribution in [-0.4, -0.2) is 38.4 Å². The molecule has 1 aromatic heterocycles. The minimum Gasteiger partial charge on any atom is -0.312 e. The van der Waals surface area contributed by atoms with Gasteiger partial charge in [-0.25, -0.2) is 13.4 Å². The lowest BCUT2D eigenvalue weighted by molar-refractivity contribution is -0.113. The summed E-state index contributed by atoms with van der Waals surface area (Å²) in [5.74, 6) is -1.09. The number of thiazole rings is 1. The second-order valence-corrected chi connectivity index (χ2v) is 6.70. The van der Waals surface area contributed by atoms with Crippen LogP contribution >= 0.6 is 11.3 Å². The summed E-state index contributed by atoms with van der Waals surface area (Å²) in [7, 11) is -1.49. The Morgan fingerprint density at radius 3 is 2.76 bits per heavy atom. The maximum atomic E-state index is 11.3. The maximum absolute atomic E-state index is 11.3. The maximum Gasteiger partial charge on any atom is 0.241 e. The fourth-order valence-corrected chi connectivity index (χ4v) is 2.45. The van der Waals surface area contributed by atoms with Gasteiger partial charge in [0.1, 0.15) is 5.75 Å². The van der Waals surface area contributed by atoms with Crippen molar-refractivity contribution in [3.05, 3.63) is 11.1 Å². The van der Waals surface area contributed by atoms with Crippen molar-refractivity contribution < 1.29 is 13.2 Å². The molecule has 0 fully saturated rings. The highest BCUT2D eigenvalue weighted by Crippen LogP contribution is 2.20. The molecule has 1 aromatic rings. The van der Waals surface area contributed by atoms with Crippen molar-refractivity contribution in [2.24, 2.45) is 0 Å². The molecule has 0 saturated heterocycles. The van der Waals surface area contributed by atoms with E-state index < -0.39 is 21.5 Å². The average molecular weight is 277 g/mol. The van der Waals surface area contributed by atoms with Gasteiger partial charge in [-0.2, -0.15) is 0 Å². The molecule has 8 heteroatoms. The zero-order valence-electron chi connectivity index (χ0n) is 9.85. The molecule has 17 heavy (non-hydrogen) atoms. The monoisotopic (exact) mass is 277 g/mol. The van der Waals surface area contributed by atoms with E-state index in [1.165, 1.54) is 11.3 Å². The number of nitrogens with zero attached hydrogens (tertiary/aromatic N) is 1. The second-order valence-electron chi connectivity index (χ2n) is 3.71. The topological polar surface area (TPSA) is 88.2 Å². The summed E-state index contributed by atoms with van der Waals surface area (Å²) in [5, 5.41) is 7.71. The lowest BCUT2D eigenvalue weighted by Gasteiger charge is -2.05. The molecule has 0 aromatic carbocycles. The molecule has 0 saturated carbocycles. The number of carbonyl (C=O) groups excluding carboxylic acids is 1. The Bertz CT molecular complexity index is 495. The van der Waals surface area contributed by atoms with Crippen molar-refractivity contribution in [1.29, 1.82) is 0 Å². The third-order valence-corrected chi connectivity index (χ3v) is 3.60. The number of carbonyl (C=O) groups is 1. The molecular weight excluding hydrogens is 262 g/mol. The number of hydrogen-bond acceptors (Lipinski definition) is 6. The Hall–Kier alpha value is -0.990. The normalized spacial score (nSPS) is 13.4. The van der Waals surface area contributed by atoms with Crippen molar-refractivity contribution in [3.8, 4) is 0 Å². The molecule has 0 aliphatic heterocycles. The van der Waals surface area contributed by atoms with Crippen LogP contribution in [0, 0.1) is 0 Å². The lowest BCUT2D eigenvalue weighted by atomic mass is 10.3. The number of rotatable bonds is 5. The van der Waals surface area contributed by atoms with Gasteiger partial charge in [0.15, 0.2) is 15.0 Å². The van der Waals surface area contributed by atoms with Crippen LogP contribution in [0.2, 0.25) is 0 Å². The molecule has 96 valence electrons. The van der Waals surface area contributed by atoms with Gasteiger partial charge in [-0.05, 0) is 14.0 Å². The first-order chi connectivity index (χ1) is 7.81. The minimum absolute atomic E-state index is 0.0896. The zero-order valence-corrected chi connectivity index (χ0v) is 11.5. The van der Waals surface area contributed by atoms with E-state index in [1.807, 2.05) is 19.4 Å². The van der Waals surface area contributed by atoms with Crippen LogP contribution in [0.1, 0.15) is 18.7 Å². The smallest absolute Gasteiger partial charge is 0.241 e. The summed E-state index contributed by atoms with van der Waals surface area (Å²) in [6, 6.07) is 0.0896. The third kappa shape index (κ3) is 4.80. The predicted octanol–water partition coefficient (Wildman–Crippen LogP) is 0.407. The quantitative estimate of drug-likeness (QED) is 0.813. The van der Waals surface area contributed by atoms with Gasteiger partial charge in [0.05, 0.1) is 5.69 Å². The van der Waals surface area contributed by atoms with Crippen LogP contribution in [-0.2, 0) is 14.6 Å². The Morgan fingerprint density at radius 1 is 1.59 bits per heavy atom. The summed E-state index contributed by atoms with van der Waals surface area (Å²) in [6.07, 6.45) is 1.02.